The zero-order chi connectivity index (χ0) is 24.3. The van der Waals surface area contributed by atoms with E-state index in [1.165, 1.54) is 4.90 Å². The van der Waals surface area contributed by atoms with Gasteiger partial charge in [-0.2, -0.15) is 8.42 Å². The Morgan fingerprint density at radius 3 is 2.35 bits per heavy atom. The number of amides is 5. The number of carbonyl (C=O) groups is 4. The van der Waals surface area contributed by atoms with Gasteiger partial charge < -0.3 is 20.6 Å². The first kappa shape index (κ1) is 28.2. The van der Waals surface area contributed by atoms with Gasteiger partial charge in [0.25, 0.3) is 0 Å². The van der Waals surface area contributed by atoms with E-state index in [0.717, 1.165) is 4.90 Å². The Hall–Kier alpha value is -2.07. The predicted octanol–water partition coefficient (Wildman–Crippen LogP) is -2.73. The van der Waals surface area contributed by atoms with Crippen LogP contribution in [-0.2, 0) is 31.1 Å². The number of piperazine rings is 1. The third-order valence-corrected chi connectivity index (χ3v) is 6.45. The number of imide groups is 1. The standard InChI is InChI=1S/C19H25N5O8S.Na.H/c1-2-22-8-9-23(18(28)17(22)27)19(29)21-13(10-12-6-4-3-5-7-12)15(25)20-14-11-24(16(14)26)33(30,31)32;;/h3-7,13-14,16,26H,2,8-11H2,1H3,(H,20,25)(H,21,29)(H,30,31,32);;/t13-,14?,16?;;/m1../s1. The monoisotopic (exact) mass is 507 g/mol. The molecular weight excluding hydrogens is 481 g/mol. The van der Waals surface area contributed by atoms with E-state index in [1.54, 1.807) is 37.3 Å². The Morgan fingerprint density at radius 2 is 1.79 bits per heavy atom. The van der Waals surface area contributed by atoms with E-state index < -0.39 is 52.4 Å². The van der Waals surface area contributed by atoms with Crippen molar-refractivity contribution in [3.63, 3.8) is 0 Å². The Morgan fingerprint density at radius 1 is 1.15 bits per heavy atom. The van der Waals surface area contributed by atoms with E-state index in [0.29, 0.717) is 16.4 Å². The Kier molecular flexibility index (Phi) is 9.59. The topological polar surface area (TPSA) is 177 Å². The minimum absolute atomic E-state index is 0. The molecule has 13 nitrogen and oxygen atoms in total. The van der Waals surface area contributed by atoms with Gasteiger partial charge in [-0.3, -0.25) is 23.8 Å². The average molecular weight is 508 g/mol. The molecule has 182 valence electrons. The number of likely N-dealkylation sites (N-methyl/N-ethyl adjacent to an activating group) is 1. The van der Waals surface area contributed by atoms with Crippen LogP contribution in [0.4, 0.5) is 4.79 Å². The van der Waals surface area contributed by atoms with Crippen LogP contribution in [-0.4, -0.2) is 130 Å². The maximum absolute atomic E-state index is 12.9. The number of urea groups is 1. The van der Waals surface area contributed by atoms with E-state index >= 15 is 0 Å². The molecule has 4 N–H and O–H groups in total. The predicted molar refractivity (Wildman–Crippen MR) is 120 cm³/mol. The van der Waals surface area contributed by atoms with E-state index in [-0.39, 0.29) is 55.6 Å². The van der Waals surface area contributed by atoms with Gasteiger partial charge in [-0.1, -0.05) is 30.3 Å². The van der Waals surface area contributed by atoms with Gasteiger partial charge >= 0.3 is 57.7 Å². The molecule has 0 aromatic heterocycles. The van der Waals surface area contributed by atoms with E-state index in [4.69, 9.17) is 4.55 Å². The molecule has 2 saturated heterocycles. The molecule has 1 aromatic carbocycles. The molecule has 2 fully saturated rings. The number of hydrogen-bond acceptors (Lipinski definition) is 7. The number of aliphatic hydroxyl groups is 1. The van der Waals surface area contributed by atoms with Crippen LogP contribution in [0.3, 0.4) is 0 Å². The third kappa shape index (κ3) is 6.33. The van der Waals surface area contributed by atoms with Crippen LogP contribution in [0.1, 0.15) is 12.5 Å². The van der Waals surface area contributed by atoms with Crippen LogP contribution in [0.15, 0.2) is 30.3 Å². The fraction of sp³-hybridized carbons (Fsp3) is 0.474. The minimum atomic E-state index is -4.62. The number of carbonyl (C=O) groups excluding carboxylic acids is 4. The zero-order valence-electron chi connectivity index (χ0n) is 17.7. The van der Waals surface area contributed by atoms with E-state index in [9.17, 15) is 32.7 Å². The summed E-state index contributed by atoms with van der Waals surface area (Å²) in [5.41, 5.74) is 0.685. The fourth-order valence-electron chi connectivity index (χ4n) is 3.55. The Balaban J connectivity index is 0.00000408. The molecule has 2 aliphatic heterocycles. The summed E-state index contributed by atoms with van der Waals surface area (Å²) >= 11 is 0. The second-order valence-electron chi connectivity index (χ2n) is 7.61. The molecule has 1 aromatic rings. The molecule has 2 unspecified atom stereocenters. The number of benzene rings is 1. The van der Waals surface area contributed by atoms with Crippen LogP contribution in [0.2, 0.25) is 0 Å². The molecular formula is C19H26N5NaO8S. The van der Waals surface area contributed by atoms with Gasteiger partial charge in [-0.05, 0) is 12.5 Å². The number of nitrogens with zero attached hydrogens (tertiary/aromatic N) is 3. The van der Waals surface area contributed by atoms with E-state index in [2.05, 4.69) is 10.6 Å². The summed E-state index contributed by atoms with van der Waals surface area (Å²) in [6.45, 7) is 1.81. The van der Waals surface area contributed by atoms with Crippen molar-refractivity contribution in [2.45, 2.75) is 31.7 Å². The molecule has 0 spiro atoms. The maximum atomic E-state index is 12.9. The molecule has 0 saturated carbocycles. The average Bonchev–Trinajstić information content (AvgIpc) is 2.76. The summed E-state index contributed by atoms with van der Waals surface area (Å²) in [6.07, 6.45) is -1.64. The fourth-order valence-corrected chi connectivity index (χ4v) is 4.32. The van der Waals surface area contributed by atoms with Gasteiger partial charge in [0, 0.05) is 32.6 Å². The molecule has 15 heteroatoms. The van der Waals surface area contributed by atoms with Crippen LogP contribution in [0.25, 0.3) is 0 Å². The number of aliphatic hydroxyl groups excluding tert-OH is 1. The number of rotatable bonds is 7. The van der Waals surface area contributed by atoms with Crippen LogP contribution in [0.5, 0.6) is 0 Å². The molecule has 0 radical (unpaired) electrons. The molecule has 0 bridgehead atoms. The summed E-state index contributed by atoms with van der Waals surface area (Å²) in [5.74, 6) is -2.55. The van der Waals surface area contributed by atoms with Crippen molar-refractivity contribution < 1.29 is 37.3 Å². The van der Waals surface area contributed by atoms with Gasteiger partial charge in [0.05, 0.1) is 6.04 Å². The molecule has 2 aliphatic rings. The number of hydrogen-bond donors (Lipinski definition) is 4. The van der Waals surface area contributed by atoms with Crippen molar-refractivity contribution in [3.05, 3.63) is 35.9 Å². The summed E-state index contributed by atoms with van der Waals surface area (Å²) < 4.78 is 31.7. The van der Waals surface area contributed by atoms with Crippen molar-refractivity contribution in [3.8, 4) is 0 Å². The molecule has 34 heavy (non-hydrogen) atoms. The third-order valence-electron chi connectivity index (χ3n) is 5.49. The van der Waals surface area contributed by atoms with Crippen molar-refractivity contribution in [2.75, 3.05) is 26.2 Å². The second-order valence-corrected chi connectivity index (χ2v) is 8.97. The van der Waals surface area contributed by atoms with Gasteiger partial charge in [0.15, 0.2) is 0 Å². The molecule has 2 heterocycles. The summed E-state index contributed by atoms with van der Waals surface area (Å²) in [4.78, 5) is 52.1. The van der Waals surface area contributed by atoms with Gasteiger partial charge in [0.1, 0.15) is 12.3 Å². The first-order valence-corrected chi connectivity index (χ1v) is 11.6. The van der Waals surface area contributed by atoms with Crippen molar-refractivity contribution in [1.29, 1.82) is 0 Å². The summed E-state index contributed by atoms with van der Waals surface area (Å²) in [6, 6.07) is 5.55. The molecule has 3 rings (SSSR count). The Bertz CT molecular complexity index is 1040. The van der Waals surface area contributed by atoms with Crippen LogP contribution < -0.4 is 10.6 Å². The van der Waals surface area contributed by atoms with Gasteiger partial charge in [-0.25, -0.2) is 4.79 Å². The molecule has 3 atom stereocenters. The quantitative estimate of drug-likeness (QED) is 0.175. The summed E-state index contributed by atoms with van der Waals surface area (Å²) in [7, 11) is -4.62. The first-order valence-electron chi connectivity index (χ1n) is 10.2. The second kappa shape index (κ2) is 11.6. The van der Waals surface area contributed by atoms with Crippen molar-refractivity contribution in [2.24, 2.45) is 0 Å². The zero-order valence-corrected chi connectivity index (χ0v) is 18.6. The van der Waals surface area contributed by atoms with Gasteiger partial charge in [-0.15, -0.1) is 4.31 Å². The van der Waals surface area contributed by atoms with Crippen molar-refractivity contribution >= 4 is 63.6 Å². The Labute approximate surface area is 218 Å². The first-order chi connectivity index (χ1) is 15.5. The normalized spacial score (nSPS) is 21.9. The van der Waals surface area contributed by atoms with Crippen molar-refractivity contribution in [1.82, 2.24) is 24.7 Å². The molecule has 5 amide bonds. The van der Waals surface area contributed by atoms with Crippen LogP contribution in [0, 0.1) is 0 Å². The van der Waals surface area contributed by atoms with Crippen LogP contribution >= 0.6 is 0 Å². The SMILES string of the molecule is CCN1CCN(C(=O)N[C@H](Cc2ccccc2)C(=O)NC2CN(S(=O)(=O)O)C2O)C(=O)C1=O.[NaH]. The molecule has 0 aliphatic carbocycles. The van der Waals surface area contributed by atoms with Gasteiger partial charge in [0.2, 0.25) is 5.91 Å². The van der Waals surface area contributed by atoms with E-state index in [1.807, 2.05) is 0 Å². The summed E-state index contributed by atoms with van der Waals surface area (Å²) in [5, 5.41) is 14.8. The number of nitrogens with one attached hydrogen (secondary N) is 2.